The summed E-state index contributed by atoms with van der Waals surface area (Å²) in [6.07, 6.45) is 0. The maximum absolute atomic E-state index is 12.7. The number of hydrogen-bond acceptors (Lipinski definition) is 5. The Kier molecular flexibility index (Phi) is 6.11. The summed E-state index contributed by atoms with van der Waals surface area (Å²) in [4.78, 5) is 14.3. The third kappa shape index (κ3) is 3.96. The third-order valence-corrected chi connectivity index (χ3v) is 3.87. The first kappa shape index (κ1) is 18.4. The van der Waals surface area contributed by atoms with Gasteiger partial charge in [0.05, 0.1) is 28.4 Å². The second-order valence-electron chi connectivity index (χ2n) is 5.38. The molecule has 2 aromatic rings. The van der Waals surface area contributed by atoms with E-state index >= 15 is 0 Å². The maximum atomic E-state index is 12.7. The number of amides is 1. The topological polar surface area (TPSA) is 57.2 Å². The zero-order valence-electron chi connectivity index (χ0n) is 15.2. The zero-order valence-corrected chi connectivity index (χ0v) is 15.2. The highest BCUT2D eigenvalue weighted by Gasteiger charge is 2.18. The first-order chi connectivity index (χ1) is 12.0. The van der Waals surface area contributed by atoms with Crippen LogP contribution in [0.5, 0.6) is 23.0 Å². The number of ether oxygens (including phenoxy) is 4. The molecular formula is C19H23NO5. The van der Waals surface area contributed by atoms with Crippen LogP contribution in [0.25, 0.3) is 0 Å². The van der Waals surface area contributed by atoms with Gasteiger partial charge in [0.25, 0.3) is 5.91 Å². The van der Waals surface area contributed by atoms with Gasteiger partial charge in [0.15, 0.2) is 23.0 Å². The molecule has 0 aliphatic carbocycles. The Hall–Kier alpha value is -2.89. The largest absolute Gasteiger partial charge is 0.493 e. The van der Waals surface area contributed by atoms with Crippen molar-refractivity contribution in [3.05, 3.63) is 47.5 Å². The number of hydrogen-bond donors (Lipinski definition) is 0. The van der Waals surface area contributed by atoms with E-state index in [-0.39, 0.29) is 5.91 Å². The highest BCUT2D eigenvalue weighted by atomic mass is 16.5. The van der Waals surface area contributed by atoms with Gasteiger partial charge in [-0.15, -0.1) is 0 Å². The standard InChI is InChI=1S/C19H23NO5/c1-20(12-14-7-6-8-16(23-3)18(14)25-5)19(21)13-9-10-15(22-2)17(11-13)24-4/h6-11H,12H2,1-5H3. The number of nitrogens with zero attached hydrogens (tertiary/aromatic N) is 1. The second kappa shape index (κ2) is 8.28. The Morgan fingerprint density at radius 1 is 0.880 bits per heavy atom. The van der Waals surface area contributed by atoms with E-state index in [4.69, 9.17) is 18.9 Å². The molecule has 1 amide bonds. The normalized spacial score (nSPS) is 10.1. The van der Waals surface area contributed by atoms with Crippen molar-refractivity contribution in [3.8, 4) is 23.0 Å². The Morgan fingerprint density at radius 3 is 2.16 bits per heavy atom. The minimum atomic E-state index is -0.133. The highest BCUT2D eigenvalue weighted by Crippen LogP contribution is 2.32. The molecule has 0 unspecified atom stereocenters. The van der Waals surface area contributed by atoms with E-state index in [2.05, 4.69) is 0 Å². The summed E-state index contributed by atoms with van der Waals surface area (Å²) in [5.74, 6) is 2.21. The van der Waals surface area contributed by atoms with Crippen molar-refractivity contribution < 1.29 is 23.7 Å². The van der Waals surface area contributed by atoms with Gasteiger partial charge >= 0.3 is 0 Å². The quantitative estimate of drug-likeness (QED) is 0.772. The van der Waals surface area contributed by atoms with Gasteiger partial charge in [-0.05, 0) is 24.3 Å². The SMILES string of the molecule is COc1ccc(C(=O)N(C)Cc2cccc(OC)c2OC)cc1OC. The fraction of sp³-hybridized carbons (Fsp3) is 0.316. The van der Waals surface area contributed by atoms with Crippen LogP contribution in [-0.2, 0) is 6.54 Å². The number of carbonyl (C=O) groups excluding carboxylic acids is 1. The van der Waals surface area contributed by atoms with Crippen molar-refractivity contribution in [1.82, 2.24) is 4.90 Å². The van der Waals surface area contributed by atoms with E-state index in [1.54, 1.807) is 51.5 Å². The molecule has 0 saturated heterocycles. The van der Waals surface area contributed by atoms with E-state index in [9.17, 15) is 4.79 Å². The van der Waals surface area contributed by atoms with Gasteiger partial charge in [-0.2, -0.15) is 0 Å². The van der Waals surface area contributed by atoms with Gasteiger partial charge < -0.3 is 23.8 Å². The lowest BCUT2D eigenvalue weighted by Gasteiger charge is -2.20. The molecule has 2 aromatic carbocycles. The van der Waals surface area contributed by atoms with Gasteiger partial charge in [-0.25, -0.2) is 0 Å². The van der Waals surface area contributed by atoms with Crippen molar-refractivity contribution in [3.63, 3.8) is 0 Å². The summed E-state index contributed by atoms with van der Waals surface area (Å²) in [6.45, 7) is 0.382. The molecule has 0 fully saturated rings. The fourth-order valence-corrected chi connectivity index (χ4v) is 2.60. The lowest BCUT2D eigenvalue weighted by atomic mass is 10.1. The first-order valence-electron chi connectivity index (χ1n) is 7.73. The Labute approximate surface area is 147 Å². The molecule has 134 valence electrons. The van der Waals surface area contributed by atoms with Crippen LogP contribution in [0.15, 0.2) is 36.4 Å². The lowest BCUT2D eigenvalue weighted by Crippen LogP contribution is -2.26. The first-order valence-corrected chi connectivity index (χ1v) is 7.73. The van der Waals surface area contributed by atoms with E-state index in [0.717, 1.165) is 5.56 Å². The molecule has 2 rings (SSSR count). The van der Waals surface area contributed by atoms with Crippen molar-refractivity contribution >= 4 is 5.91 Å². The second-order valence-corrected chi connectivity index (χ2v) is 5.38. The Bertz CT molecular complexity index is 745. The van der Waals surface area contributed by atoms with Crippen LogP contribution in [0.2, 0.25) is 0 Å². The van der Waals surface area contributed by atoms with Crippen molar-refractivity contribution in [2.75, 3.05) is 35.5 Å². The molecule has 0 spiro atoms. The van der Waals surface area contributed by atoms with E-state index in [0.29, 0.717) is 35.1 Å². The third-order valence-electron chi connectivity index (χ3n) is 3.87. The van der Waals surface area contributed by atoms with Gasteiger partial charge in [-0.1, -0.05) is 12.1 Å². The number of carbonyl (C=O) groups is 1. The molecule has 0 atom stereocenters. The van der Waals surface area contributed by atoms with E-state index < -0.39 is 0 Å². The number of benzene rings is 2. The van der Waals surface area contributed by atoms with Crippen LogP contribution >= 0.6 is 0 Å². The van der Waals surface area contributed by atoms with Crippen LogP contribution in [0.3, 0.4) is 0 Å². The van der Waals surface area contributed by atoms with Crippen molar-refractivity contribution in [2.45, 2.75) is 6.54 Å². The zero-order chi connectivity index (χ0) is 18.4. The molecule has 0 aliphatic rings. The summed E-state index contributed by atoms with van der Waals surface area (Å²) in [6, 6.07) is 10.7. The molecular weight excluding hydrogens is 322 g/mol. The number of para-hydroxylation sites is 1. The van der Waals surface area contributed by atoms with E-state index in [1.807, 2.05) is 18.2 Å². The molecule has 6 heteroatoms. The Balaban J connectivity index is 2.24. The number of rotatable bonds is 7. The van der Waals surface area contributed by atoms with Gasteiger partial charge in [0.1, 0.15) is 0 Å². The van der Waals surface area contributed by atoms with Crippen LogP contribution in [-0.4, -0.2) is 46.3 Å². The van der Waals surface area contributed by atoms with Crippen LogP contribution < -0.4 is 18.9 Å². The molecule has 0 aliphatic heterocycles. The van der Waals surface area contributed by atoms with Crippen LogP contribution in [0.1, 0.15) is 15.9 Å². The number of methoxy groups -OCH3 is 4. The van der Waals surface area contributed by atoms with E-state index in [1.165, 1.54) is 7.11 Å². The van der Waals surface area contributed by atoms with Gasteiger partial charge in [0.2, 0.25) is 0 Å². The van der Waals surface area contributed by atoms with Gasteiger partial charge in [-0.3, -0.25) is 4.79 Å². The minimum Gasteiger partial charge on any atom is -0.493 e. The molecule has 0 aromatic heterocycles. The molecule has 0 heterocycles. The van der Waals surface area contributed by atoms with Crippen molar-refractivity contribution in [2.24, 2.45) is 0 Å². The summed E-state index contributed by atoms with van der Waals surface area (Å²) >= 11 is 0. The summed E-state index contributed by atoms with van der Waals surface area (Å²) < 4.78 is 21.2. The fourth-order valence-electron chi connectivity index (χ4n) is 2.60. The lowest BCUT2D eigenvalue weighted by molar-refractivity contribution is 0.0783. The minimum absolute atomic E-state index is 0.133. The maximum Gasteiger partial charge on any atom is 0.254 e. The average Bonchev–Trinajstić information content (AvgIpc) is 2.66. The predicted molar refractivity (Wildman–Crippen MR) is 94.9 cm³/mol. The summed E-state index contributed by atoms with van der Waals surface area (Å²) in [7, 11) is 7.99. The summed E-state index contributed by atoms with van der Waals surface area (Å²) in [5.41, 5.74) is 1.38. The summed E-state index contributed by atoms with van der Waals surface area (Å²) in [5, 5.41) is 0. The molecule has 0 N–H and O–H groups in total. The molecule has 6 nitrogen and oxygen atoms in total. The molecule has 25 heavy (non-hydrogen) atoms. The highest BCUT2D eigenvalue weighted by molar-refractivity contribution is 5.94. The molecule has 0 radical (unpaired) electrons. The predicted octanol–water partition coefficient (Wildman–Crippen LogP) is 2.99. The Morgan fingerprint density at radius 2 is 1.56 bits per heavy atom. The molecule has 0 bridgehead atoms. The smallest absolute Gasteiger partial charge is 0.254 e. The molecule has 0 saturated carbocycles. The van der Waals surface area contributed by atoms with Crippen LogP contribution in [0, 0.1) is 0 Å². The van der Waals surface area contributed by atoms with Crippen molar-refractivity contribution in [1.29, 1.82) is 0 Å². The van der Waals surface area contributed by atoms with Gasteiger partial charge in [0, 0.05) is 24.7 Å². The monoisotopic (exact) mass is 345 g/mol. The average molecular weight is 345 g/mol. The van der Waals surface area contributed by atoms with Crippen LogP contribution in [0.4, 0.5) is 0 Å².